The molecule has 1 saturated heterocycles. The predicted octanol–water partition coefficient (Wildman–Crippen LogP) is 1.40. The Balaban J connectivity index is 2.12. The van der Waals surface area contributed by atoms with Gasteiger partial charge in [0.2, 0.25) is 0 Å². The number of benzene rings is 1. The van der Waals surface area contributed by atoms with E-state index in [9.17, 15) is 23.3 Å². The Morgan fingerprint density at radius 1 is 1.46 bits per heavy atom. The van der Waals surface area contributed by atoms with Crippen LogP contribution in [0.5, 0.6) is 5.75 Å². The average molecular weight is 356 g/mol. The first-order chi connectivity index (χ1) is 11.2. The number of amides is 1. The highest BCUT2D eigenvalue weighted by Crippen LogP contribution is 2.27. The summed E-state index contributed by atoms with van der Waals surface area (Å²) in [7, 11) is -3.11. The number of nitro benzene ring substituents is 1. The summed E-state index contributed by atoms with van der Waals surface area (Å²) in [5.41, 5.74) is -0.219. The smallest absolute Gasteiger partial charge is 0.310 e. The largest absolute Gasteiger partial charge is 0.474 e. The first-order valence-electron chi connectivity index (χ1n) is 7.66. The van der Waals surface area contributed by atoms with Gasteiger partial charge >= 0.3 is 5.69 Å². The minimum absolute atomic E-state index is 0.0125. The lowest BCUT2D eigenvalue weighted by molar-refractivity contribution is -0.386. The molecule has 0 aromatic heterocycles. The van der Waals surface area contributed by atoms with E-state index in [4.69, 9.17) is 4.74 Å². The van der Waals surface area contributed by atoms with E-state index in [-0.39, 0.29) is 34.9 Å². The molecule has 0 spiro atoms. The highest BCUT2D eigenvalue weighted by Gasteiger charge is 2.36. The van der Waals surface area contributed by atoms with Crippen molar-refractivity contribution in [3.8, 4) is 5.75 Å². The molecule has 0 N–H and O–H groups in total. The molecule has 2 atom stereocenters. The molecule has 0 aliphatic carbocycles. The lowest BCUT2D eigenvalue weighted by Crippen LogP contribution is -2.46. The highest BCUT2D eigenvalue weighted by molar-refractivity contribution is 7.91. The summed E-state index contributed by atoms with van der Waals surface area (Å²) < 4.78 is 28.7. The molecule has 2 unspecified atom stereocenters. The minimum Gasteiger partial charge on any atom is -0.474 e. The summed E-state index contributed by atoms with van der Waals surface area (Å²) in [5, 5.41) is 11.0. The zero-order valence-corrected chi connectivity index (χ0v) is 14.4. The molecule has 1 amide bonds. The molecule has 9 heteroatoms. The van der Waals surface area contributed by atoms with Gasteiger partial charge in [-0.3, -0.25) is 14.9 Å². The van der Waals surface area contributed by atoms with Crippen molar-refractivity contribution in [3.63, 3.8) is 0 Å². The maximum absolute atomic E-state index is 12.6. The summed E-state index contributed by atoms with van der Waals surface area (Å²) in [6.07, 6.45) is -0.547. The third-order valence-electron chi connectivity index (χ3n) is 3.99. The number of hydrogen-bond donors (Lipinski definition) is 0. The van der Waals surface area contributed by atoms with E-state index in [1.54, 1.807) is 13.0 Å². The maximum atomic E-state index is 12.6. The second-order valence-corrected chi connectivity index (χ2v) is 7.89. The van der Waals surface area contributed by atoms with E-state index in [0.717, 1.165) is 0 Å². The van der Waals surface area contributed by atoms with Crippen LogP contribution in [-0.2, 0) is 14.6 Å². The van der Waals surface area contributed by atoms with Crippen LogP contribution in [0.2, 0.25) is 0 Å². The van der Waals surface area contributed by atoms with Gasteiger partial charge in [-0.25, -0.2) is 8.42 Å². The van der Waals surface area contributed by atoms with Crippen molar-refractivity contribution in [2.75, 3.05) is 18.1 Å². The van der Waals surface area contributed by atoms with Gasteiger partial charge in [0.1, 0.15) is 0 Å². The molecule has 24 heavy (non-hydrogen) atoms. The fraction of sp³-hybridized carbons (Fsp3) is 0.533. The van der Waals surface area contributed by atoms with Gasteiger partial charge in [-0.1, -0.05) is 12.1 Å². The normalized spacial score (nSPS) is 20.3. The number of nitrogens with zero attached hydrogens (tertiary/aromatic N) is 2. The van der Waals surface area contributed by atoms with E-state index in [1.165, 1.54) is 30.0 Å². The highest BCUT2D eigenvalue weighted by atomic mass is 32.2. The van der Waals surface area contributed by atoms with Gasteiger partial charge in [0, 0.05) is 18.7 Å². The molecule has 1 aliphatic heterocycles. The number of carbonyl (C=O) groups excluding carboxylic acids is 1. The molecule has 0 radical (unpaired) electrons. The standard InChI is InChI=1S/C15H20N2O6S/c1-3-16(12-8-9-24(21,22)10-12)15(18)11(2)23-14-7-5-4-6-13(14)17(19)20/h4-7,11-12H,3,8-10H2,1-2H3. The van der Waals surface area contributed by atoms with Crippen molar-refractivity contribution in [1.82, 2.24) is 4.90 Å². The van der Waals surface area contributed by atoms with Crippen molar-refractivity contribution < 1.29 is 22.9 Å². The predicted molar refractivity (Wildman–Crippen MR) is 87.6 cm³/mol. The van der Waals surface area contributed by atoms with Crippen molar-refractivity contribution in [3.05, 3.63) is 34.4 Å². The first-order valence-corrected chi connectivity index (χ1v) is 9.48. The second kappa shape index (κ2) is 7.16. The van der Waals surface area contributed by atoms with Crippen LogP contribution >= 0.6 is 0 Å². The van der Waals surface area contributed by atoms with Crippen LogP contribution in [0.3, 0.4) is 0 Å². The molecule has 2 rings (SSSR count). The Labute approximate surface area is 140 Å². The Morgan fingerprint density at radius 2 is 2.12 bits per heavy atom. The Morgan fingerprint density at radius 3 is 2.67 bits per heavy atom. The first kappa shape index (κ1) is 18.2. The van der Waals surface area contributed by atoms with Crippen LogP contribution in [0.1, 0.15) is 20.3 Å². The summed E-state index contributed by atoms with van der Waals surface area (Å²) in [5.74, 6) is -0.345. The molecule has 1 aromatic rings. The SMILES string of the molecule is CCN(C(=O)C(C)Oc1ccccc1[N+](=O)[O-])C1CCS(=O)(=O)C1. The number of likely N-dealkylation sites (N-methyl/N-ethyl adjacent to an activating group) is 1. The zero-order valence-electron chi connectivity index (χ0n) is 13.5. The lowest BCUT2D eigenvalue weighted by Gasteiger charge is -2.29. The quantitative estimate of drug-likeness (QED) is 0.563. The lowest BCUT2D eigenvalue weighted by atomic mass is 10.2. The Hall–Kier alpha value is -2.16. The van der Waals surface area contributed by atoms with Gasteiger partial charge in [-0.05, 0) is 26.3 Å². The number of nitro groups is 1. The van der Waals surface area contributed by atoms with Gasteiger partial charge in [0.15, 0.2) is 21.7 Å². The number of carbonyl (C=O) groups is 1. The minimum atomic E-state index is -3.11. The number of para-hydroxylation sites is 2. The van der Waals surface area contributed by atoms with Crippen LogP contribution in [-0.4, -0.2) is 54.3 Å². The van der Waals surface area contributed by atoms with Gasteiger partial charge in [0.05, 0.1) is 16.4 Å². The zero-order chi connectivity index (χ0) is 17.9. The fourth-order valence-corrected chi connectivity index (χ4v) is 4.53. The van der Waals surface area contributed by atoms with Gasteiger partial charge in [-0.15, -0.1) is 0 Å². The summed E-state index contributed by atoms with van der Waals surface area (Å²) in [4.78, 5) is 24.5. The van der Waals surface area contributed by atoms with Crippen LogP contribution in [0.15, 0.2) is 24.3 Å². The number of sulfone groups is 1. The molecular weight excluding hydrogens is 336 g/mol. The third kappa shape index (κ3) is 4.02. The van der Waals surface area contributed by atoms with Crippen LogP contribution in [0.25, 0.3) is 0 Å². The fourth-order valence-electron chi connectivity index (χ4n) is 2.80. The Bertz CT molecular complexity index is 733. The van der Waals surface area contributed by atoms with Crippen molar-refractivity contribution in [2.24, 2.45) is 0 Å². The second-order valence-electron chi connectivity index (χ2n) is 5.67. The summed E-state index contributed by atoms with van der Waals surface area (Å²) in [6.45, 7) is 3.62. The van der Waals surface area contributed by atoms with Crippen molar-refractivity contribution in [1.29, 1.82) is 0 Å². The molecule has 0 bridgehead atoms. The molecule has 0 saturated carbocycles. The van der Waals surface area contributed by atoms with Crippen molar-refractivity contribution >= 4 is 21.4 Å². The molecule has 1 aromatic carbocycles. The van der Waals surface area contributed by atoms with E-state index in [2.05, 4.69) is 0 Å². The van der Waals surface area contributed by atoms with E-state index >= 15 is 0 Å². The van der Waals surface area contributed by atoms with Gasteiger partial charge in [-0.2, -0.15) is 0 Å². The Kier molecular flexibility index (Phi) is 5.43. The maximum Gasteiger partial charge on any atom is 0.310 e. The summed E-state index contributed by atoms with van der Waals surface area (Å²) >= 11 is 0. The van der Waals surface area contributed by atoms with E-state index in [0.29, 0.717) is 13.0 Å². The third-order valence-corrected chi connectivity index (χ3v) is 5.74. The summed E-state index contributed by atoms with van der Waals surface area (Å²) in [6, 6.07) is 5.45. The molecule has 1 fully saturated rings. The van der Waals surface area contributed by atoms with E-state index in [1.807, 2.05) is 0 Å². The van der Waals surface area contributed by atoms with Crippen molar-refractivity contribution in [2.45, 2.75) is 32.4 Å². The topological polar surface area (TPSA) is 107 Å². The number of hydrogen-bond acceptors (Lipinski definition) is 6. The molecule has 1 heterocycles. The van der Waals surface area contributed by atoms with E-state index < -0.39 is 20.9 Å². The number of ether oxygens (including phenoxy) is 1. The molecule has 132 valence electrons. The molecule has 8 nitrogen and oxygen atoms in total. The van der Waals surface area contributed by atoms with Crippen LogP contribution in [0.4, 0.5) is 5.69 Å². The van der Waals surface area contributed by atoms with Gasteiger partial charge in [0.25, 0.3) is 5.91 Å². The van der Waals surface area contributed by atoms with Crippen LogP contribution < -0.4 is 4.74 Å². The molecular formula is C15H20N2O6S. The average Bonchev–Trinajstić information content (AvgIpc) is 2.88. The monoisotopic (exact) mass is 356 g/mol. The van der Waals surface area contributed by atoms with Crippen LogP contribution in [0, 0.1) is 10.1 Å². The number of rotatable bonds is 6. The molecule has 1 aliphatic rings. The van der Waals surface area contributed by atoms with Gasteiger partial charge < -0.3 is 9.64 Å².